The van der Waals surface area contributed by atoms with Crippen LogP contribution < -0.4 is 9.80 Å². The standard InChI is InChI=1S/C67H46N2/c1-5-20-47(21-6-1)48-36-43-55(44-37-48)69(64-34-18-15-28-56(64)50-22-7-2-8-23-50)65-35-19-33-62-66(65)59-30-14-17-32-61(59)67(62)60-31-16-13-29-57(60)58-45-40-51(46-63(58)67)49-38-41-54(42-39-49)68(52-24-9-3-10-25-52)53-26-11-4-12-27-53/h1-46H. The van der Waals surface area contributed by atoms with Crippen LogP contribution in [0.25, 0.3) is 55.6 Å². The van der Waals surface area contributed by atoms with Gasteiger partial charge in [0.25, 0.3) is 0 Å². The van der Waals surface area contributed by atoms with Gasteiger partial charge in [0, 0.05) is 33.9 Å². The molecule has 1 atom stereocenters. The van der Waals surface area contributed by atoms with Crippen LogP contribution in [0.4, 0.5) is 34.1 Å². The Kier molecular flexibility index (Phi) is 9.77. The lowest BCUT2D eigenvalue weighted by atomic mass is 9.70. The fraction of sp³-hybridized carbons (Fsp3) is 0.0149. The molecule has 0 saturated carbocycles. The first-order chi connectivity index (χ1) is 34.3. The molecule has 0 N–H and O–H groups in total. The first kappa shape index (κ1) is 40.3. The molecule has 13 rings (SSSR count). The molecule has 2 heteroatoms. The summed E-state index contributed by atoms with van der Waals surface area (Å²) in [4.78, 5) is 4.82. The number of benzene rings is 11. The topological polar surface area (TPSA) is 6.48 Å². The molecule has 0 bridgehead atoms. The second kappa shape index (κ2) is 16.7. The predicted molar refractivity (Wildman–Crippen MR) is 288 cm³/mol. The normalized spacial score (nSPS) is 13.9. The lowest BCUT2D eigenvalue weighted by Gasteiger charge is -2.32. The van der Waals surface area contributed by atoms with Crippen molar-refractivity contribution < 1.29 is 0 Å². The van der Waals surface area contributed by atoms with Gasteiger partial charge in [-0.05, 0) is 133 Å². The van der Waals surface area contributed by atoms with Gasteiger partial charge in [0.15, 0.2) is 0 Å². The number of hydrogen-bond acceptors (Lipinski definition) is 2. The van der Waals surface area contributed by atoms with E-state index in [0.29, 0.717) is 0 Å². The highest BCUT2D eigenvalue weighted by Crippen LogP contribution is 2.65. The third-order valence-electron chi connectivity index (χ3n) is 14.3. The first-order valence-electron chi connectivity index (χ1n) is 23.8. The van der Waals surface area contributed by atoms with Crippen molar-refractivity contribution in [1.29, 1.82) is 0 Å². The lowest BCUT2D eigenvalue weighted by Crippen LogP contribution is -2.26. The van der Waals surface area contributed by atoms with Gasteiger partial charge in [0.1, 0.15) is 0 Å². The zero-order valence-corrected chi connectivity index (χ0v) is 38.0. The third-order valence-corrected chi connectivity index (χ3v) is 14.3. The Balaban J connectivity index is 1.00. The average molecular weight is 879 g/mol. The van der Waals surface area contributed by atoms with Crippen LogP contribution in [0.1, 0.15) is 22.3 Å². The van der Waals surface area contributed by atoms with Crippen LogP contribution in [0.5, 0.6) is 0 Å². The van der Waals surface area contributed by atoms with E-state index in [1.54, 1.807) is 0 Å². The van der Waals surface area contributed by atoms with Gasteiger partial charge in [-0.1, -0.05) is 212 Å². The highest BCUT2D eigenvalue weighted by molar-refractivity contribution is 6.03. The summed E-state index contributed by atoms with van der Waals surface area (Å²) >= 11 is 0. The van der Waals surface area contributed by atoms with E-state index in [1.165, 1.54) is 77.9 Å². The molecule has 0 radical (unpaired) electrons. The summed E-state index contributed by atoms with van der Waals surface area (Å²) in [6.45, 7) is 0. The Morgan fingerprint density at radius 1 is 0.217 bits per heavy atom. The molecule has 0 amide bonds. The van der Waals surface area contributed by atoms with Gasteiger partial charge in [0.05, 0.1) is 16.8 Å². The van der Waals surface area contributed by atoms with Crippen molar-refractivity contribution in [2.45, 2.75) is 5.41 Å². The summed E-state index contributed by atoms with van der Waals surface area (Å²) in [7, 11) is 0. The Labute approximate surface area is 404 Å². The van der Waals surface area contributed by atoms with Gasteiger partial charge in [-0.2, -0.15) is 0 Å². The maximum atomic E-state index is 2.50. The van der Waals surface area contributed by atoms with E-state index in [1.807, 2.05) is 0 Å². The van der Waals surface area contributed by atoms with E-state index in [4.69, 9.17) is 0 Å². The SMILES string of the molecule is c1ccc(-c2ccc(N(c3ccccc3-c3ccccc3)c3cccc4c3-c3ccccc3C43c4ccccc4-c4ccc(-c5ccc(N(c6ccccc6)c6ccccc6)cc5)cc43)cc2)cc1. The minimum Gasteiger partial charge on any atom is -0.311 e. The van der Waals surface area contributed by atoms with E-state index < -0.39 is 5.41 Å². The Morgan fingerprint density at radius 2 is 0.623 bits per heavy atom. The second-order valence-electron chi connectivity index (χ2n) is 18.0. The smallest absolute Gasteiger partial charge is 0.0726 e. The molecule has 0 aromatic heterocycles. The van der Waals surface area contributed by atoms with E-state index in [0.717, 1.165) is 34.1 Å². The first-order valence-corrected chi connectivity index (χ1v) is 23.8. The van der Waals surface area contributed by atoms with Gasteiger partial charge >= 0.3 is 0 Å². The van der Waals surface area contributed by atoms with E-state index >= 15 is 0 Å². The van der Waals surface area contributed by atoms with Gasteiger partial charge in [-0.15, -0.1) is 0 Å². The molecule has 11 aromatic rings. The number of rotatable bonds is 9. The number of anilines is 6. The molecule has 1 unspecified atom stereocenters. The lowest BCUT2D eigenvalue weighted by molar-refractivity contribution is 0.794. The van der Waals surface area contributed by atoms with Crippen molar-refractivity contribution in [3.05, 3.63) is 301 Å². The molecule has 69 heavy (non-hydrogen) atoms. The molecule has 11 aromatic carbocycles. The van der Waals surface area contributed by atoms with Gasteiger partial charge in [-0.3, -0.25) is 0 Å². The fourth-order valence-electron chi connectivity index (χ4n) is 11.3. The monoisotopic (exact) mass is 878 g/mol. The van der Waals surface area contributed by atoms with Crippen LogP contribution in [0.3, 0.4) is 0 Å². The Morgan fingerprint density at radius 3 is 1.26 bits per heavy atom. The molecule has 0 saturated heterocycles. The molecule has 1 spiro atoms. The number of hydrogen-bond donors (Lipinski definition) is 0. The van der Waals surface area contributed by atoms with Crippen LogP contribution in [0, 0.1) is 0 Å². The molecular weight excluding hydrogens is 833 g/mol. The van der Waals surface area contributed by atoms with Crippen molar-refractivity contribution in [2.75, 3.05) is 9.80 Å². The maximum absolute atomic E-state index is 2.50. The largest absolute Gasteiger partial charge is 0.311 e. The maximum Gasteiger partial charge on any atom is 0.0726 e. The summed E-state index contributed by atoms with van der Waals surface area (Å²) in [6.07, 6.45) is 0. The van der Waals surface area contributed by atoms with Gasteiger partial charge in [-0.25, -0.2) is 0 Å². The highest BCUT2D eigenvalue weighted by Gasteiger charge is 2.52. The number of nitrogens with zero attached hydrogens (tertiary/aromatic N) is 2. The number of fused-ring (bicyclic) bond motifs is 10. The quantitative estimate of drug-likeness (QED) is 0.143. The molecular formula is C67H46N2. The molecule has 324 valence electrons. The minimum atomic E-state index is -0.553. The van der Waals surface area contributed by atoms with Crippen LogP contribution >= 0.6 is 0 Å². The van der Waals surface area contributed by atoms with E-state index in [9.17, 15) is 0 Å². The van der Waals surface area contributed by atoms with Crippen LogP contribution in [0.15, 0.2) is 279 Å². The summed E-state index contributed by atoms with van der Waals surface area (Å²) in [5.41, 5.74) is 23.6. The second-order valence-corrected chi connectivity index (χ2v) is 18.0. The summed E-state index contributed by atoms with van der Waals surface area (Å²) < 4.78 is 0. The third kappa shape index (κ3) is 6.56. The van der Waals surface area contributed by atoms with Crippen molar-refractivity contribution in [3.8, 4) is 55.6 Å². The average Bonchev–Trinajstić information content (AvgIpc) is 3.90. The molecule has 0 heterocycles. The number of para-hydroxylation sites is 3. The van der Waals surface area contributed by atoms with Crippen molar-refractivity contribution in [1.82, 2.24) is 0 Å². The minimum absolute atomic E-state index is 0.553. The zero-order chi connectivity index (χ0) is 45.7. The van der Waals surface area contributed by atoms with Crippen LogP contribution in [-0.4, -0.2) is 0 Å². The van der Waals surface area contributed by atoms with Gasteiger partial charge in [0.2, 0.25) is 0 Å². The molecule has 0 aliphatic heterocycles. The van der Waals surface area contributed by atoms with Crippen LogP contribution in [-0.2, 0) is 5.41 Å². The molecule has 2 nitrogen and oxygen atoms in total. The Bertz CT molecular complexity index is 3600. The summed E-state index contributed by atoms with van der Waals surface area (Å²) in [5, 5.41) is 0. The summed E-state index contributed by atoms with van der Waals surface area (Å²) in [6, 6.07) is 102. The molecule has 2 aliphatic carbocycles. The summed E-state index contributed by atoms with van der Waals surface area (Å²) in [5.74, 6) is 0. The van der Waals surface area contributed by atoms with Crippen LogP contribution in [0.2, 0.25) is 0 Å². The van der Waals surface area contributed by atoms with Crippen molar-refractivity contribution in [2.24, 2.45) is 0 Å². The predicted octanol–water partition coefficient (Wildman–Crippen LogP) is 18.0. The molecule has 2 aliphatic rings. The van der Waals surface area contributed by atoms with E-state index in [2.05, 4.69) is 289 Å². The molecule has 0 fully saturated rings. The fourth-order valence-corrected chi connectivity index (χ4v) is 11.3. The highest BCUT2D eigenvalue weighted by atomic mass is 15.2. The van der Waals surface area contributed by atoms with E-state index in [-0.39, 0.29) is 0 Å². The van der Waals surface area contributed by atoms with Gasteiger partial charge < -0.3 is 9.80 Å². The Hall–Kier alpha value is -8.98. The van der Waals surface area contributed by atoms with Crippen molar-refractivity contribution in [3.63, 3.8) is 0 Å². The van der Waals surface area contributed by atoms with Crippen molar-refractivity contribution >= 4 is 34.1 Å². The zero-order valence-electron chi connectivity index (χ0n) is 38.0.